The van der Waals surface area contributed by atoms with Crippen LogP contribution in [-0.2, 0) is 16.7 Å². The van der Waals surface area contributed by atoms with E-state index in [0.29, 0.717) is 0 Å². The van der Waals surface area contributed by atoms with Crippen LogP contribution >= 0.6 is 0 Å². The van der Waals surface area contributed by atoms with Gasteiger partial charge in [0.05, 0.1) is 6.61 Å². The number of rotatable bonds is 6. The fraction of sp³-hybridized carbons (Fsp3) is 0.350. The molecular weight excluding hydrogens is 409 g/mol. The monoisotopic (exact) mass is 427 g/mol. The van der Waals surface area contributed by atoms with Crippen molar-refractivity contribution < 1.29 is 31.5 Å². The normalized spacial score (nSPS) is 19.3. The van der Waals surface area contributed by atoms with Crippen LogP contribution in [0.3, 0.4) is 0 Å². The zero-order valence-corrected chi connectivity index (χ0v) is 15.8. The van der Waals surface area contributed by atoms with E-state index in [0.717, 1.165) is 24.4 Å². The topological polar surface area (TPSA) is 77.6 Å². The Labute approximate surface area is 168 Å². The molecule has 0 aliphatic carbocycles. The summed E-state index contributed by atoms with van der Waals surface area (Å²) >= 11 is 0. The number of aliphatic imine (C=N–C) groups is 1. The predicted molar refractivity (Wildman–Crippen MR) is 98.5 cm³/mol. The summed E-state index contributed by atoms with van der Waals surface area (Å²) in [6.07, 6.45) is -5.23. The van der Waals surface area contributed by atoms with E-state index in [1.807, 2.05) is 0 Å². The number of halogens is 5. The third-order valence-electron chi connectivity index (χ3n) is 4.75. The van der Waals surface area contributed by atoms with Crippen LogP contribution in [0.25, 0.3) is 0 Å². The molecule has 1 aliphatic rings. The van der Waals surface area contributed by atoms with Gasteiger partial charge in [0, 0.05) is 23.7 Å². The van der Waals surface area contributed by atoms with Gasteiger partial charge in [0.25, 0.3) is 12.9 Å². The lowest BCUT2D eigenvalue weighted by Gasteiger charge is -2.33. The van der Waals surface area contributed by atoms with Gasteiger partial charge in [-0.25, -0.2) is 22.0 Å². The van der Waals surface area contributed by atoms with Crippen LogP contribution in [0, 0.1) is 12.7 Å². The molecule has 0 radical (unpaired) electrons. The van der Waals surface area contributed by atoms with E-state index >= 15 is 0 Å². The summed E-state index contributed by atoms with van der Waals surface area (Å²) in [5, 5.41) is 0. The van der Waals surface area contributed by atoms with Gasteiger partial charge in [-0.2, -0.15) is 0 Å². The highest BCUT2D eigenvalue weighted by molar-refractivity contribution is 5.97. The number of nitrogens with zero attached hydrogens (tertiary/aromatic N) is 2. The molecule has 1 aromatic heterocycles. The van der Waals surface area contributed by atoms with E-state index < -0.39 is 42.2 Å². The molecule has 1 aliphatic heterocycles. The molecule has 0 unspecified atom stereocenters. The van der Waals surface area contributed by atoms with Gasteiger partial charge in [0.15, 0.2) is 11.3 Å². The number of carbonyl (C=O) groups is 1. The molecular formula is C20H18F5N3O2. The van der Waals surface area contributed by atoms with Crippen molar-refractivity contribution in [3.63, 3.8) is 0 Å². The van der Waals surface area contributed by atoms with Crippen molar-refractivity contribution in [2.45, 2.75) is 31.7 Å². The van der Waals surface area contributed by atoms with Crippen molar-refractivity contribution in [1.82, 2.24) is 4.98 Å². The molecule has 0 fully saturated rings. The van der Waals surface area contributed by atoms with Crippen molar-refractivity contribution >= 4 is 11.6 Å². The smallest absolute Gasteiger partial charge is 0.269 e. The summed E-state index contributed by atoms with van der Waals surface area (Å²) in [7, 11) is 0. The summed E-state index contributed by atoms with van der Waals surface area (Å²) in [4.78, 5) is 20.2. The first-order valence-electron chi connectivity index (χ1n) is 8.91. The quantitative estimate of drug-likeness (QED) is 0.563. The third-order valence-corrected chi connectivity index (χ3v) is 4.75. The first-order chi connectivity index (χ1) is 14.1. The van der Waals surface area contributed by atoms with Crippen LogP contribution in [0.1, 0.15) is 39.2 Å². The molecule has 0 saturated carbocycles. The minimum atomic E-state index is -3.11. The number of Topliss-reactive ketones (excluding diaryl/α,β-unsaturated/α-hetero) is 1. The molecule has 1 atom stereocenters. The average molecular weight is 427 g/mol. The zero-order chi connectivity index (χ0) is 22.1. The van der Waals surface area contributed by atoms with Crippen molar-refractivity contribution in [2.75, 3.05) is 13.2 Å². The Morgan fingerprint density at radius 3 is 2.60 bits per heavy atom. The van der Waals surface area contributed by atoms with Crippen molar-refractivity contribution in [2.24, 2.45) is 10.7 Å². The Bertz CT molecular complexity index is 996. The highest BCUT2D eigenvalue weighted by atomic mass is 19.3. The van der Waals surface area contributed by atoms with E-state index in [2.05, 4.69) is 9.98 Å². The zero-order valence-electron chi connectivity index (χ0n) is 15.8. The van der Waals surface area contributed by atoms with Crippen LogP contribution in [0.2, 0.25) is 0 Å². The predicted octanol–water partition coefficient (Wildman–Crippen LogP) is 3.74. The molecule has 2 N–H and O–H groups in total. The lowest BCUT2D eigenvalue weighted by molar-refractivity contribution is -0.0146. The van der Waals surface area contributed by atoms with Gasteiger partial charge in [-0.05, 0) is 36.2 Å². The molecule has 3 rings (SSSR count). The SMILES string of the molecule is Cc1cc(C(F)F)cnc1C(=O)Cc1ccc(F)c([C@]2(C(F)F)COCC(N)=N2)c1. The molecule has 0 spiro atoms. The number of hydrogen-bond acceptors (Lipinski definition) is 5. The van der Waals surface area contributed by atoms with Crippen LogP contribution in [0.5, 0.6) is 0 Å². The number of carbonyl (C=O) groups excluding carboxylic acids is 1. The van der Waals surface area contributed by atoms with Gasteiger partial charge in [-0.15, -0.1) is 0 Å². The fourth-order valence-corrected chi connectivity index (χ4v) is 3.29. The second-order valence-corrected chi connectivity index (χ2v) is 6.97. The first-order valence-corrected chi connectivity index (χ1v) is 8.91. The summed E-state index contributed by atoms with van der Waals surface area (Å²) in [5.41, 5.74) is 2.90. The third kappa shape index (κ3) is 4.18. The maximum Gasteiger partial charge on any atom is 0.269 e. The molecule has 5 nitrogen and oxygen atoms in total. The van der Waals surface area contributed by atoms with E-state index in [1.165, 1.54) is 13.0 Å². The first kappa shape index (κ1) is 21.8. The summed E-state index contributed by atoms with van der Waals surface area (Å²) in [5.74, 6) is -1.66. The van der Waals surface area contributed by atoms with Crippen molar-refractivity contribution in [1.29, 1.82) is 0 Å². The highest BCUT2D eigenvalue weighted by Crippen LogP contribution is 2.37. The number of aryl methyl sites for hydroxylation is 1. The van der Waals surface area contributed by atoms with E-state index in [1.54, 1.807) is 0 Å². The van der Waals surface area contributed by atoms with Gasteiger partial charge in [-0.3, -0.25) is 14.8 Å². The minimum absolute atomic E-state index is 0.0305. The summed E-state index contributed by atoms with van der Waals surface area (Å²) < 4.78 is 72.8. The maximum absolute atomic E-state index is 14.5. The van der Waals surface area contributed by atoms with Gasteiger partial charge in [0.1, 0.15) is 24.0 Å². The van der Waals surface area contributed by atoms with E-state index in [-0.39, 0.29) is 41.2 Å². The number of benzene rings is 1. The number of aromatic nitrogens is 1. The van der Waals surface area contributed by atoms with Crippen molar-refractivity contribution in [3.8, 4) is 0 Å². The maximum atomic E-state index is 14.5. The van der Waals surface area contributed by atoms with Crippen LogP contribution < -0.4 is 5.73 Å². The summed E-state index contributed by atoms with van der Waals surface area (Å²) in [6.45, 7) is 0.744. The molecule has 0 amide bonds. The van der Waals surface area contributed by atoms with Crippen LogP contribution in [0.4, 0.5) is 22.0 Å². The lowest BCUT2D eigenvalue weighted by atomic mass is 9.88. The van der Waals surface area contributed by atoms with Crippen LogP contribution in [0.15, 0.2) is 35.5 Å². The molecule has 30 heavy (non-hydrogen) atoms. The molecule has 0 bridgehead atoms. The fourth-order valence-electron chi connectivity index (χ4n) is 3.29. The van der Waals surface area contributed by atoms with Gasteiger partial charge >= 0.3 is 0 Å². The largest absolute Gasteiger partial charge is 0.385 e. The average Bonchev–Trinajstić information content (AvgIpc) is 2.68. The minimum Gasteiger partial charge on any atom is -0.385 e. The number of nitrogens with two attached hydrogens (primary N) is 1. The second-order valence-electron chi connectivity index (χ2n) is 6.97. The van der Waals surface area contributed by atoms with Crippen LogP contribution in [-0.4, -0.2) is 36.2 Å². The number of pyridine rings is 1. The molecule has 2 aromatic rings. The Morgan fingerprint density at radius 2 is 2.00 bits per heavy atom. The van der Waals surface area contributed by atoms with Gasteiger partial charge < -0.3 is 10.5 Å². The van der Waals surface area contributed by atoms with Crippen molar-refractivity contribution in [3.05, 3.63) is 64.2 Å². The number of hydrogen-bond donors (Lipinski definition) is 1. The number of ketones is 1. The Morgan fingerprint density at radius 1 is 1.27 bits per heavy atom. The number of amidine groups is 1. The highest BCUT2D eigenvalue weighted by Gasteiger charge is 2.46. The van der Waals surface area contributed by atoms with E-state index in [4.69, 9.17) is 10.5 Å². The standard InChI is InChI=1S/C20H18F5N3O2/c1-10-4-12(18(22)23)7-27-17(10)15(29)6-11-2-3-14(21)13(5-11)20(19(24)25)9-30-8-16(26)28-20/h2-5,7,18-19H,6,8-9H2,1H3,(H2,26,28)/t20-/m0/s1. The number of alkyl halides is 4. The Hall–Kier alpha value is -2.88. The lowest BCUT2D eigenvalue weighted by Crippen LogP contribution is -2.45. The molecule has 0 saturated heterocycles. The summed E-state index contributed by atoms with van der Waals surface area (Å²) in [6, 6.07) is 4.51. The van der Waals surface area contributed by atoms with Gasteiger partial charge in [0.2, 0.25) is 0 Å². The second kappa shape index (κ2) is 8.47. The van der Waals surface area contributed by atoms with Gasteiger partial charge in [-0.1, -0.05) is 6.07 Å². The van der Waals surface area contributed by atoms with E-state index in [9.17, 15) is 26.7 Å². The molecule has 2 heterocycles. The molecule has 1 aromatic carbocycles. The Balaban J connectivity index is 1.94. The molecule has 160 valence electrons. The Kier molecular flexibility index (Phi) is 6.16. The number of ether oxygens (including phenoxy) is 1. The molecule has 10 heteroatoms.